The summed E-state index contributed by atoms with van der Waals surface area (Å²) in [6.45, 7) is 7.00. The summed E-state index contributed by atoms with van der Waals surface area (Å²) in [6, 6.07) is 11.8. The fourth-order valence-electron chi connectivity index (χ4n) is 6.11. The molecule has 0 aliphatic carbocycles. The van der Waals surface area contributed by atoms with Crippen LogP contribution in [0.25, 0.3) is 38.4 Å². The number of hydrogen-bond donors (Lipinski definition) is 2. The average molecular weight is 713 g/mol. The van der Waals surface area contributed by atoms with Crippen LogP contribution in [0, 0.1) is 11.7 Å². The van der Waals surface area contributed by atoms with Crippen LogP contribution in [0.15, 0.2) is 67.1 Å². The molecule has 0 bridgehead atoms. The standard InChI is InChI=1S/C20H25N5OS.C17H16FN3O3/c1-2-15-4-9-24(13-15)14-18(26)25-10-5-16(6-11-25)20-23-12-17(27-20)19-21-7-3-8-22-19;1-23-6-7-24-16-8-11(2-4-14(16)18)17-13-9-12(19-10-22)3-5-15(13)20-21-17/h3,5,7-8,12,15H,2,4,6,9-11,13-14H2,1H3;2-5,8-10H,6-7H2,1H3,(H,19,22)(H,20,21). The van der Waals surface area contributed by atoms with Crippen molar-refractivity contribution in [1.82, 2.24) is 34.9 Å². The minimum atomic E-state index is -0.446. The molecule has 2 aromatic carbocycles. The molecule has 1 unspecified atom stereocenters. The summed E-state index contributed by atoms with van der Waals surface area (Å²) >= 11 is 1.61. The molecule has 14 heteroatoms. The van der Waals surface area contributed by atoms with Crippen LogP contribution < -0.4 is 10.1 Å². The third-order valence-electron chi connectivity index (χ3n) is 8.97. The first-order valence-electron chi connectivity index (χ1n) is 17.0. The van der Waals surface area contributed by atoms with Crippen molar-refractivity contribution in [2.24, 2.45) is 5.92 Å². The fourth-order valence-corrected chi connectivity index (χ4v) is 7.04. The van der Waals surface area contributed by atoms with Crippen LogP contribution in [-0.2, 0) is 14.3 Å². The maximum atomic E-state index is 13.9. The highest BCUT2D eigenvalue weighted by molar-refractivity contribution is 7.16. The number of halogens is 1. The van der Waals surface area contributed by atoms with E-state index in [-0.39, 0.29) is 18.3 Å². The van der Waals surface area contributed by atoms with Crippen molar-refractivity contribution >= 4 is 45.8 Å². The molecule has 2 aliphatic rings. The smallest absolute Gasteiger partial charge is 0.237 e. The SMILES string of the molecule is CCC1CCN(CC(=O)N2CC=C(c3ncc(-c4ncccn4)s3)CC2)C1.COCCOc1cc(-c2n[nH]c3ccc(NC=O)cc23)ccc1F. The maximum Gasteiger partial charge on any atom is 0.237 e. The third kappa shape index (κ3) is 9.01. The second-order valence-corrected chi connectivity index (χ2v) is 13.3. The van der Waals surface area contributed by atoms with Crippen molar-refractivity contribution in [3.63, 3.8) is 0 Å². The molecule has 0 saturated carbocycles. The van der Waals surface area contributed by atoms with Crippen molar-refractivity contribution < 1.29 is 23.5 Å². The predicted octanol–water partition coefficient (Wildman–Crippen LogP) is 5.91. The molecule has 7 rings (SSSR count). The molecule has 1 atom stereocenters. The van der Waals surface area contributed by atoms with E-state index in [9.17, 15) is 14.0 Å². The molecule has 0 radical (unpaired) electrons. The number of carbonyl (C=O) groups excluding carboxylic acids is 2. The topological polar surface area (TPSA) is 138 Å². The number of benzene rings is 2. The van der Waals surface area contributed by atoms with Crippen molar-refractivity contribution in [3.8, 4) is 27.7 Å². The van der Waals surface area contributed by atoms with Gasteiger partial charge in [0.15, 0.2) is 17.4 Å². The number of H-pyrrole nitrogens is 1. The van der Waals surface area contributed by atoms with Gasteiger partial charge in [-0.2, -0.15) is 5.10 Å². The van der Waals surface area contributed by atoms with Gasteiger partial charge in [0.1, 0.15) is 17.3 Å². The summed E-state index contributed by atoms with van der Waals surface area (Å²) in [5.74, 6) is 1.42. The molecule has 2 aliphatic heterocycles. The zero-order chi connectivity index (χ0) is 35.6. The van der Waals surface area contributed by atoms with Gasteiger partial charge in [-0.25, -0.2) is 19.3 Å². The molecule has 2 amide bonds. The van der Waals surface area contributed by atoms with Gasteiger partial charge in [-0.1, -0.05) is 19.4 Å². The van der Waals surface area contributed by atoms with Gasteiger partial charge in [0.05, 0.1) is 23.5 Å². The van der Waals surface area contributed by atoms with E-state index in [0.717, 1.165) is 52.8 Å². The first-order valence-corrected chi connectivity index (χ1v) is 17.8. The van der Waals surface area contributed by atoms with Crippen molar-refractivity contribution in [2.45, 2.75) is 26.2 Å². The van der Waals surface area contributed by atoms with Crippen molar-refractivity contribution in [1.29, 1.82) is 0 Å². The molecule has 0 spiro atoms. The van der Waals surface area contributed by atoms with Crippen LogP contribution in [0.5, 0.6) is 5.75 Å². The number of amides is 2. The van der Waals surface area contributed by atoms with E-state index in [1.807, 2.05) is 23.2 Å². The molecule has 1 fully saturated rings. The van der Waals surface area contributed by atoms with E-state index >= 15 is 0 Å². The van der Waals surface area contributed by atoms with E-state index in [1.165, 1.54) is 24.5 Å². The molecular formula is C37H41FN8O4S. The van der Waals surface area contributed by atoms with Crippen LogP contribution in [0.3, 0.4) is 0 Å². The second-order valence-electron chi connectivity index (χ2n) is 12.3. The Morgan fingerprint density at radius 3 is 2.75 bits per heavy atom. The number of carbonyl (C=O) groups is 2. The Kier molecular flexibility index (Phi) is 12.1. The molecule has 5 aromatic rings. The number of likely N-dealkylation sites (tertiary alicyclic amines) is 1. The number of ether oxygens (including phenoxy) is 2. The van der Waals surface area contributed by atoms with Crippen LogP contribution >= 0.6 is 11.3 Å². The number of nitrogens with zero attached hydrogens (tertiary/aromatic N) is 6. The fraction of sp³-hybridized carbons (Fsp3) is 0.351. The van der Waals surface area contributed by atoms with Crippen molar-refractivity contribution in [2.75, 3.05) is 58.4 Å². The van der Waals surface area contributed by atoms with Crippen LogP contribution in [0.1, 0.15) is 31.2 Å². The van der Waals surface area contributed by atoms with Crippen molar-refractivity contribution in [3.05, 3.63) is 78.0 Å². The number of fused-ring (bicyclic) bond motifs is 1. The lowest BCUT2D eigenvalue weighted by Crippen LogP contribution is -2.41. The Morgan fingerprint density at radius 1 is 1.14 bits per heavy atom. The van der Waals surface area contributed by atoms with E-state index in [1.54, 1.807) is 55.1 Å². The van der Waals surface area contributed by atoms with Gasteiger partial charge in [0.25, 0.3) is 0 Å². The summed E-state index contributed by atoms with van der Waals surface area (Å²) in [5.41, 5.74) is 4.04. The molecule has 51 heavy (non-hydrogen) atoms. The number of aromatic amines is 1. The zero-order valence-electron chi connectivity index (χ0n) is 28.7. The molecule has 266 valence electrons. The van der Waals surface area contributed by atoms with Crippen LogP contribution in [0.4, 0.5) is 10.1 Å². The van der Waals surface area contributed by atoms with E-state index < -0.39 is 5.82 Å². The monoisotopic (exact) mass is 712 g/mol. The highest BCUT2D eigenvalue weighted by Gasteiger charge is 2.26. The lowest BCUT2D eigenvalue weighted by Gasteiger charge is -2.28. The minimum absolute atomic E-state index is 0.142. The first-order chi connectivity index (χ1) is 24.9. The largest absolute Gasteiger partial charge is 0.488 e. The second kappa shape index (κ2) is 17.2. The Bertz CT molecular complexity index is 1970. The number of nitrogens with one attached hydrogen (secondary N) is 2. The number of hydrogen-bond acceptors (Lipinski definition) is 10. The molecule has 5 heterocycles. The van der Waals surface area contributed by atoms with E-state index in [2.05, 4.69) is 48.4 Å². The van der Waals surface area contributed by atoms with Crippen LogP contribution in [0.2, 0.25) is 0 Å². The highest BCUT2D eigenvalue weighted by Crippen LogP contribution is 2.32. The van der Waals surface area contributed by atoms with E-state index in [4.69, 9.17) is 9.47 Å². The summed E-state index contributed by atoms with van der Waals surface area (Å²) in [4.78, 5) is 41.6. The molecule has 2 N–H and O–H groups in total. The Balaban J connectivity index is 0.000000177. The third-order valence-corrected chi connectivity index (χ3v) is 10.0. The van der Waals surface area contributed by atoms with Gasteiger partial charge < -0.3 is 19.7 Å². The minimum Gasteiger partial charge on any atom is -0.488 e. The number of rotatable bonds is 12. The summed E-state index contributed by atoms with van der Waals surface area (Å²) in [6.07, 6.45) is 11.4. The highest BCUT2D eigenvalue weighted by atomic mass is 32.1. The number of thiazole rings is 1. The molecule has 3 aromatic heterocycles. The predicted molar refractivity (Wildman–Crippen MR) is 196 cm³/mol. The van der Waals surface area contributed by atoms with Gasteiger partial charge in [-0.3, -0.25) is 19.6 Å². The maximum absolute atomic E-state index is 13.9. The van der Waals surface area contributed by atoms with Gasteiger partial charge in [0, 0.05) is 62.0 Å². The number of methoxy groups -OCH3 is 1. The van der Waals surface area contributed by atoms with Gasteiger partial charge in [-0.15, -0.1) is 11.3 Å². The normalized spacial score (nSPS) is 16.0. The van der Waals surface area contributed by atoms with Gasteiger partial charge in [-0.05, 0) is 73.3 Å². The van der Waals surface area contributed by atoms with Crippen LogP contribution in [-0.4, -0.2) is 100 Å². The Morgan fingerprint density at radius 2 is 2.00 bits per heavy atom. The van der Waals surface area contributed by atoms with E-state index in [0.29, 0.717) is 48.9 Å². The lowest BCUT2D eigenvalue weighted by molar-refractivity contribution is -0.131. The average Bonchev–Trinajstić information content (AvgIpc) is 3.94. The number of aromatic nitrogens is 5. The zero-order valence-corrected chi connectivity index (χ0v) is 29.5. The quantitative estimate of drug-likeness (QED) is 0.119. The first kappa shape index (κ1) is 35.8. The Hall–Kier alpha value is -5.05. The molecule has 12 nitrogen and oxygen atoms in total. The summed E-state index contributed by atoms with van der Waals surface area (Å²) in [7, 11) is 1.55. The molecular weight excluding hydrogens is 672 g/mol. The summed E-state index contributed by atoms with van der Waals surface area (Å²) in [5, 5.41) is 11.6. The molecule has 1 saturated heterocycles. The Labute approximate surface area is 299 Å². The summed E-state index contributed by atoms with van der Waals surface area (Å²) < 4.78 is 24.2. The van der Waals surface area contributed by atoms with Gasteiger partial charge >= 0.3 is 0 Å². The lowest BCUT2D eigenvalue weighted by atomic mass is 10.1. The van der Waals surface area contributed by atoms with Gasteiger partial charge in [0.2, 0.25) is 12.3 Å². The number of anilines is 1.